The number of hydrogen-bond donors (Lipinski definition) is 1. The van der Waals surface area contributed by atoms with Gasteiger partial charge in [-0.25, -0.2) is 4.79 Å². The van der Waals surface area contributed by atoms with Crippen LogP contribution in [0.2, 0.25) is 0 Å². The van der Waals surface area contributed by atoms with Gasteiger partial charge >= 0.3 is 6.09 Å². The Balaban J connectivity index is 2.19. The number of piperidine rings is 1. The molecule has 6 nitrogen and oxygen atoms in total. The van der Waals surface area contributed by atoms with E-state index < -0.39 is 11.7 Å². The van der Waals surface area contributed by atoms with Crippen LogP contribution in [-0.2, 0) is 11.2 Å². The number of aliphatic hydroxyl groups is 1. The van der Waals surface area contributed by atoms with Crippen LogP contribution in [0.3, 0.4) is 0 Å². The molecule has 1 aliphatic rings. The van der Waals surface area contributed by atoms with E-state index in [1.807, 2.05) is 20.8 Å². The molecule has 1 amide bonds. The molecule has 0 bridgehead atoms. The van der Waals surface area contributed by atoms with Gasteiger partial charge in [0, 0.05) is 30.9 Å². The molecule has 6 heteroatoms. The van der Waals surface area contributed by atoms with Crippen LogP contribution in [0.1, 0.15) is 39.2 Å². The predicted molar refractivity (Wildman–Crippen MR) is 86.5 cm³/mol. The second kappa shape index (κ2) is 7.17. The van der Waals surface area contributed by atoms with Gasteiger partial charge in [-0.15, -0.1) is 0 Å². The number of amides is 1. The molecule has 1 N–H and O–H groups in total. The fourth-order valence-electron chi connectivity index (χ4n) is 2.82. The van der Waals surface area contributed by atoms with Crippen LogP contribution in [0.5, 0.6) is 5.75 Å². The number of aromatic nitrogens is 1. The van der Waals surface area contributed by atoms with E-state index >= 15 is 0 Å². The number of carbonyl (C=O) groups is 1. The molecule has 2 rings (SSSR count). The lowest BCUT2D eigenvalue weighted by Crippen LogP contribution is -2.53. The van der Waals surface area contributed by atoms with E-state index in [0.717, 1.165) is 12.0 Å². The largest absolute Gasteiger partial charge is 0.496 e. The molecule has 0 radical (unpaired) electrons. The van der Waals surface area contributed by atoms with E-state index in [0.29, 0.717) is 25.1 Å². The second-order valence-corrected chi connectivity index (χ2v) is 6.84. The molecule has 2 unspecified atom stereocenters. The zero-order valence-electron chi connectivity index (χ0n) is 14.3. The maximum atomic E-state index is 12.5. The first-order chi connectivity index (χ1) is 10.8. The number of nitrogens with zero attached hydrogens (tertiary/aromatic N) is 2. The lowest BCUT2D eigenvalue weighted by Gasteiger charge is -2.39. The quantitative estimate of drug-likeness (QED) is 0.925. The zero-order valence-corrected chi connectivity index (χ0v) is 14.3. The molecule has 1 aromatic heterocycles. The summed E-state index contributed by atoms with van der Waals surface area (Å²) in [5.74, 6) is 0.710. The number of likely N-dealkylation sites (tertiary alicyclic amines) is 1. The highest BCUT2D eigenvalue weighted by Gasteiger charge is 2.36. The van der Waals surface area contributed by atoms with Crippen LogP contribution in [-0.4, -0.2) is 52.5 Å². The summed E-state index contributed by atoms with van der Waals surface area (Å²) in [5, 5.41) is 10.4. The van der Waals surface area contributed by atoms with Crippen molar-refractivity contribution in [2.45, 2.75) is 57.8 Å². The molecule has 0 saturated carbocycles. The lowest BCUT2D eigenvalue weighted by molar-refractivity contribution is -0.0228. The first kappa shape index (κ1) is 17.5. The van der Waals surface area contributed by atoms with Crippen molar-refractivity contribution in [3.63, 3.8) is 0 Å². The molecule has 1 aliphatic heterocycles. The summed E-state index contributed by atoms with van der Waals surface area (Å²) in [6.07, 6.45) is 4.33. The maximum absolute atomic E-state index is 12.5. The Morgan fingerprint density at radius 2 is 2.22 bits per heavy atom. The van der Waals surface area contributed by atoms with Crippen molar-refractivity contribution in [1.29, 1.82) is 0 Å². The highest BCUT2D eigenvalue weighted by Crippen LogP contribution is 2.26. The van der Waals surface area contributed by atoms with Crippen LogP contribution in [0.25, 0.3) is 0 Å². The summed E-state index contributed by atoms with van der Waals surface area (Å²) in [5.41, 5.74) is 0.310. The summed E-state index contributed by atoms with van der Waals surface area (Å²) in [6, 6.07) is 1.44. The monoisotopic (exact) mass is 322 g/mol. The van der Waals surface area contributed by atoms with Gasteiger partial charge < -0.3 is 19.5 Å². The van der Waals surface area contributed by atoms with Gasteiger partial charge in [0.2, 0.25) is 0 Å². The van der Waals surface area contributed by atoms with Crippen molar-refractivity contribution in [1.82, 2.24) is 9.88 Å². The van der Waals surface area contributed by atoms with Gasteiger partial charge in [0.25, 0.3) is 0 Å². The van der Waals surface area contributed by atoms with Gasteiger partial charge in [-0.1, -0.05) is 0 Å². The van der Waals surface area contributed by atoms with E-state index in [2.05, 4.69) is 4.98 Å². The van der Waals surface area contributed by atoms with Crippen molar-refractivity contribution < 1.29 is 19.4 Å². The van der Waals surface area contributed by atoms with Crippen LogP contribution in [0.15, 0.2) is 18.5 Å². The summed E-state index contributed by atoms with van der Waals surface area (Å²) in [6.45, 7) is 6.10. The Morgan fingerprint density at radius 3 is 2.87 bits per heavy atom. The standard InChI is InChI=1S/C17H26N2O4/c1-17(2,3)23-16(21)19-9-5-6-14(20)13(19)10-12-11-18-8-7-15(12)22-4/h7-8,11,13-14,20H,5-6,9-10H2,1-4H3. The van der Waals surface area contributed by atoms with E-state index in [-0.39, 0.29) is 12.1 Å². The van der Waals surface area contributed by atoms with Crippen molar-refractivity contribution >= 4 is 6.09 Å². The fourth-order valence-corrected chi connectivity index (χ4v) is 2.82. The highest BCUT2D eigenvalue weighted by atomic mass is 16.6. The summed E-state index contributed by atoms with van der Waals surface area (Å²) in [4.78, 5) is 18.2. The molecule has 23 heavy (non-hydrogen) atoms. The van der Waals surface area contributed by atoms with E-state index in [1.165, 1.54) is 0 Å². The minimum atomic E-state index is -0.582. The predicted octanol–water partition coefficient (Wildman–Crippen LogP) is 2.39. The number of rotatable bonds is 3. The van der Waals surface area contributed by atoms with Crippen molar-refractivity contribution in [2.75, 3.05) is 13.7 Å². The minimum absolute atomic E-state index is 0.336. The minimum Gasteiger partial charge on any atom is -0.496 e. The molecule has 0 spiro atoms. The normalized spacial score (nSPS) is 21.9. The van der Waals surface area contributed by atoms with Crippen molar-refractivity contribution in [3.8, 4) is 5.75 Å². The number of aliphatic hydroxyl groups excluding tert-OH is 1. The summed E-state index contributed by atoms with van der Waals surface area (Å²) < 4.78 is 10.8. The fraction of sp³-hybridized carbons (Fsp3) is 0.647. The van der Waals surface area contributed by atoms with Crippen LogP contribution in [0, 0.1) is 0 Å². The molecule has 1 aromatic rings. The van der Waals surface area contributed by atoms with Gasteiger partial charge in [0.15, 0.2) is 0 Å². The van der Waals surface area contributed by atoms with E-state index in [9.17, 15) is 9.90 Å². The topological polar surface area (TPSA) is 71.9 Å². The van der Waals surface area contributed by atoms with E-state index in [1.54, 1.807) is 30.5 Å². The van der Waals surface area contributed by atoms with Gasteiger partial charge in [0.05, 0.1) is 19.3 Å². The van der Waals surface area contributed by atoms with Gasteiger partial charge in [0.1, 0.15) is 11.4 Å². The highest BCUT2D eigenvalue weighted by molar-refractivity contribution is 5.69. The maximum Gasteiger partial charge on any atom is 0.410 e. The molecule has 2 atom stereocenters. The third-order valence-corrected chi connectivity index (χ3v) is 3.88. The molecule has 1 fully saturated rings. The first-order valence-corrected chi connectivity index (χ1v) is 7.96. The molecule has 0 aromatic carbocycles. The smallest absolute Gasteiger partial charge is 0.410 e. The number of methoxy groups -OCH3 is 1. The molecular weight excluding hydrogens is 296 g/mol. The first-order valence-electron chi connectivity index (χ1n) is 7.96. The third kappa shape index (κ3) is 4.58. The number of carbonyl (C=O) groups excluding carboxylic acids is 1. The second-order valence-electron chi connectivity index (χ2n) is 6.84. The lowest BCUT2D eigenvalue weighted by atomic mass is 9.93. The number of ether oxygens (including phenoxy) is 2. The van der Waals surface area contributed by atoms with Gasteiger partial charge in [-0.2, -0.15) is 0 Å². The summed E-state index contributed by atoms with van der Waals surface area (Å²) >= 11 is 0. The van der Waals surface area contributed by atoms with E-state index in [4.69, 9.17) is 9.47 Å². The van der Waals surface area contributed by atoms with Crippen LogP contribution < -0.4 is 4.74 Å². The molecule has 1 saturated heterocycles. The Labute approximate surface area is 137 Å². The number of pyridine rings is 1. The molecule has 0 aliphatic carbocycles. The third-order valence-electron chi connectivity index (χ3n) is 3.88. The Bertz CT molecular complexity index is 542. The SMILES string of the molecule is COc1ccncc1CC1C(O)CCCN1C(=O)OC(C)(C)C. The number of hydrogen-bond acceptors (Lipinski definition) is 5. The molecule has 2 heterocycles. The Kier molecular flexibility index (Phi) is 5.46. The zero-order chi connectivity index (χ0) is 17.0. The average Bonchev–Trinajstić information content (AvgIpc) is 2.48. The van der Waals surface area contributed by atoms with Crippen LogP contribution in [0.4, 0.5) is 4.79 Å². The average molecular weight is 322 g/mol. The van der Waals surface area contributed by atoms with Gasteiger partial charge in [-0.05, 0) is 39.7 Å². The summed E-state index contributed by atoms with van der Waals surface area (Å²) in [7, 11) is 1.60. The van der Waals surface area contributed by atoms with Crippen LogP contribution >= 0.6 is 0 Å². The van der Waals surface area contributed by atoms with Gasteiger partial charge in [-0.3, -0.25) is 4.98 Å². The van der Waals surface area contributed by atoms with Crippen molar-refractivity contribution in [3.05, 3.63) is 24.0 Å². The molecular formula is C17H26N2O4. The molecule has 128 valence electrons. The Morgan fingerprint density at radius 1 is 1.48 bits per heavy atom. The Hall–Kier alpha value is -1.82. The van der Waals surface area contributed by atoms with Crippen molar-refractivity contribution in [2.24, 2.45) is 0 Å².